The van der Waals surface area contributed by atoms with Crippen molar-refractivity contribution in [1.29, 1.82) is 0 Å². The number of carbonyl (C=O) groups is 1. The number of fused-ring (bicyclic) bond motifs is 1. The van der Waals surface area contributed by atoms with Gasteiger partial charge in [0.1, 0.15) is 5.76 Å². The molecule has 0 radical (unpaired) electrons. The van der Waals surface area contributed by atoms with E-state index in [2.05, 4.69) is 9.88 Å². The minimum Gasteiger partial charge on any atom is -0.468 e. The van der Waals surface area contributed by atoms with Crippen molar-refractivity contribution in [3.8, 4) is 0 Å². The highest BCUT2D eigenvalue weighted by Crippen LogP contribution is 2.29. The van der Waals surface area contributed by atoms with Crippen molar-refractivity contribution in [3.05, 3.63) is 60.2 Å². The molecule has 0 atom stereocenters. The van der Waals surface area contributed by atoms with Crippen LogP contribution in [0.4, 0.5) is 0 Å². The fourth-order valence-electron chi connectivity index (χ4n) is 2.93. The van der Waals surface area contributed by atoms with E-state index in [0.717, 1.165) is 22.2 Å². The van der Waals surface area contributed by atoms with Crippen LogP contribution in [-0.4, -0.2) is 28.3 Å². The SMILES string of the molecule is O=C(CN(Cc1ccco1)C1CC1)c1c[nH]c2ccccc12. The molecule has 0 saturated heterocycles. The van der Waals surface area contributed by atoms with Gasteiger partial charge in [0.25, 0.3) is 0 Å². The molecule has 1 aliphatic carbocycles. The van der Waals surface area contributed by atoms with E-state index in [9.17, 15) is 4.79 Å². The van der Waals surface area contributed by atoms with Gasteiger partial charge in [-0.25, -0.2) is 0 Å². The minimum absolute atomic E-state index is 0.163. The topological polar surface area (TPSA) is 49.2 Å². The molecule has 1 fully saturated rings. The summed E-state index contributed by atoms with van der Waals surface area (Å²) >= 11 is 0. The van der Waals surface area contributed by atoms with E-state index in [4.69, 9.17) is 4.42 Å². The molecular weight excluding hydrogens is 276 g/mol. The lowest BCUT2D eigenvalue weighted by Crippen LogP contribution is -2.31. The number of hydrogen-bond acceptors (Lipinski definition) is 3. The molecule has 0 bridgehead atoms. The van der Waals surface area contributed by atoms with Gasteiger partial charge in [0.05, 0.1) is 19.4 Å². The van der Waals surface area contributed by atoms with Crippen LogP contribution in [0.5, 0.6) is 0 Å². The highest BCUT2D eigenvalue weighted by Gasteiger charge is 2.31. The molecule has 4 nitrogen and oxygen atoms in total. The van der Waals surface area contributed by atoms with Crippen molar-refractivity contribution in [2.75, 3.05) is 6.54 Å². The standard InChI is InChI=1S/C18H18N2O2/c21-18(16-10-19-17-6-2-1-5-15(16)17)12-20(13-7-8-13)11-14-4-3-9-22-14/h1-6,9-10,13,19H,7-8,11-12H2. The molecule has 3 aromatic rings. The molecule has 1 aromatic carbocycles. The Labute approximate surface area is 128 Å². The van der Waals surface area contributed by atoms with Gasteiger partial charge >= 0.3 is 0 Å². The van der Waals surface area contributed by atoms with E-state index >= 15 is 0 Å². The number of benzene rings is 1. The van der Waals surface area contributed by atoms with Gasteiger partial charge in [0.15, 0.2) is 5.78 Å². The normalized spacial score (nSPS) is 14.8. The Hall–Kier alpha value is -2.33. The lowest BCUT2D eigenvalue weighted by molar-refractivity contribution is 0.0915. The second kappa shape index (κ2) is 5.46. The van der Waals surface area contributed by atoms with Crippen molar-refractivity contribution >= 4 is 16.7 Å². The molecule has 2 heterocycles. The Morgan fingerprint density at radius 2 is 2.09 bits per heavy atom. The van der Waals surface area contributed by atoms with Gasteiger partial charge in [-0.05, 0) is 31.0 Å². The number of aromatic amines is 1. The highest BCUT2D eigenvalue weighted by atomic mass is 16.3. The number of rotatable bonds is 6. The number of nitrogens with one attached hydrogen (secondary N) is 1. The van der Waals surface area contributed by atoms with Crippen LogP contribution in [0.2, 0.25) is 0 Å². The summed E-state index contributed by atoms with van der Waals surface area (Å²) in [6.07, 6.45) is 5.84. The predicted octanol–water partition coefficient (Wildman–Crippen LogP) is 3.61. The molecule has 0 aliphatic heterocycles. The quantitative estimate of drug-likeness (QED) is 0.707. The van der Waals surface area contributed by atoms with Gasteiger partial charge in [-0.15, -0.1) is 0 Å². The smallest absolute Gasteiger partial charge is 0.178 e. The van der Waals surface area contributed by atoms with Gasteiger partial charge in [-0.3, -0.25) is 9.69 Å². The Bertz CT molecular complexity index is 784. The van der Waals surface area contributed by atoms with Crippen molar-refractivity contribution < 1.29 is 9.21 Å². The van der Waals surface area contributed by atoms with E-state index in [0.29, 0.717) is 19.1 Å². The predicted molar refractivity (Wildman–Crippen MR) is 84.8 cm³/mol. The number of H-pyrrole nitrogens is 1. The number of para-hydroxylation sites is 1. The molecule has 4 heteroatoms. The van der Waals surface area contributed by atoms with Crippen molar-refractivity contribution in [2.45, 2.75) is 25.4 Å². The second-order valence-electron chi connectivity index (χ2n) is 5.89. The van der Waals surface area contributed by atoms with E-state index < -0.39 is 0 Å². The molecule has 4 rings (SSSR count). The fourth-order valence-corrected chi connectivity index (χ4v) is 2.93. The first-order chi connectivity index (χ1) is 10.8. The van der Waals surface area contributed by atoms with Crippen LogP contribution in [-0.2, 0) is 6.54 Å². The first-order valence-corrected chi connectivity index (χ1v) is 7.67. The van der Waals surface area contributed by atoms with E-state index in [-0.39, 0.29) is 5.78 Å². The van der Waals surface area contributed by atoms with Crippen LogP contribution in [0, 0.1) is 0 Å². The summed E-state index contributed by atoms with van der Waals surface area (Å²) in [5.41, 5.74) is 1.79. The molecule has 2 aromatic heterocycles. The number of hydrogen-bond donors (Lipinski definition) is 1. The van der Waals surface area contributed by atoms with E-state index in [1.165, 1.54) is 12.8 Å². The zero-order valence-corrected chi connectivity index (χ0v) is 12.3. The summed E-state index contributed by atoms with van der Waals surface area (Å²) in [5, 5.41) is 1.00. The van der Waals surface area contributed by atoms with Crippen LogP contribution in [0.3, 0.4) is 0 Å². The molecule has 112 valence electrons. The van der Waals surface area contributed by atoms with Gasteiger partial charge < -0.3 is 9.40 Å². The Morgan fingerprint density at radius 1 is 1.23 bits per heavy atom. The summed E-state index contributed by atoms with van der Waals surface area (Å²) in [6.45, 7) is 1.14. The molecular formula is C18H18N2O2. The van der Waals surface area contributed by atoms with Crippen molar-refractivity contribution in [2.24, 2.45) is 0 Å². The number of nitrogens with zero attached hydrogens (tertiary/aromatic N) is 1. The number of ketones is 1. The molecule has 1 saturated carbocycles. The fraction of sp³-hybridized carbons (Fsp3) is 0.278. The minimum atomic E-state index is 0.163. The van der Waals surface area contributed by atoms with Crippen molar-refractivity contribution in [1.82, 2.24) is 9.88 Å². The molecule has 22 heavy (non-hydrogen) atoms. The number of aromatic nitrogens is 1. The van der Waals surface area contributed by atoms with Gasteiger partial charge in [0.2, 0.25) is 0 Å². The second-order valence-corrected chi connectivity index (χ2v) is 5.89. The third-order valence-electron chi connectivity index (χ3n) is 4.24. The third kappa shape index (κ3) is 2.57. The maximum absolute atomic E-state index is 12.7. The molecule has 0 amide bonds. The van der Waals surface area contributed by atoms with E-state index in [1.54, 1.807) is 6.26 Å². The summed E-state index contributed by atoms with van der Waals surface area (Å²) < 4.78 is 5.43. The van der Waals surface area contributed by atoms with Crippen LogP contribution in [0.1, 0.15) is 29.0 Å². The summed E-state index contributed by atoms with van der Waals surface area (Å²) in [6, 6.07) is 12.3. The molecule has 1 aliphatic rings. The van der Waals surface area contributed by atoms with Crippen LogP contribution in [0.15, 0.2) is 53.3 Å². The Kier molecular flexibility index (Phi) is 3.31. The summed E-state index contributed by atoms with van der Waals surface area (Å²) in [4.78, 5) is 18.1. The van der Waals surface area contributed by atoms with E-state index in [1.807, 2.05) is 42.6 Å². The Morgan fingerprint density at radius 3 is 2.86 bits per heavy atom. The molecule has 0 spiro atoms. The number of furan rings is 1. The first kappa shape index (κ1) is 13.3. The summed E-state index contributed by atoms with van der Waals surface area (Å²) in [5.74, 6) is 1.08. The van der Waals surface area contributed by atoms with Gasteiger partial charge in [0, 0.05) is 28.7 Å². The monoisotopic (exact) mass is 294 g/mol. The lowest BCUT2D eigenvalue weighted by Gasteiger charge is -2.19. The van der Waals surface area contributed by atoms with Crippen molar-refractivity contribution in [3.63, 3.8) is 0 Å². The first-order valence-electron chi connectivity index (χ1n) is 7.67. The highest BCUT2D eigenvalue weighted by molar-refractivity contribution is 6.08. The van der Waals surface area contributed by atoms with Crippen LogP contribution >= 0.6 is 0 Å². The zero-order chi connectivity index (χ0) is 14.9. The maximum atomic E-state index is 12.7. The zero-order valence-electron chi connectivity index (χ0n) is 12.3. The van der Waals surface area contributed by atoms with Gasteiger partial charge in [-0.1, -0.05) is 18.2 Å². The molecule has 1 N–H and O–H groups in total. The number of Topliss-reactive ketones (excluding diaryl/α,β-unsaturated/α-hetero) is 1. The number of carbonyl (C=O) groups excluding carboxylic acids is 1. The third-order valence-corrected chi connectivity index (χ3v) is 4.24. The Balaban J connectivity index is 1.54. The van der Waals surface area contributed by atoms with Crippen LogP contribution in [0.25, 0.3) is 10.9 Å². The average molecular weight is 294 g/mol. The average Bonchev–Trinajstić information content (AvgIpc) is 3.08. The summed E-state index contributed by atoms with van der Waals surface area (Å²) in [7, 11) is 0. The maximum Gasteiger partial charge on any atom is 0.178 e. The van der Waals surface area contributed by atoms with Crippen LogP contribution < -0.4 is 0 Å². The molecule has 0 unspecified atom stereocenters. The largest absolute Gasteiger partial charge is 0.468 e. The lowest BCUT2D eigenvalue weighted by atomic mass is 10.1. The van der Waals surface area contributed by atoms with Gasteiger partial charge in [-0.2, -0.15) is 0 Å².